The summed E-state index contributed by atoms with van der Waals surface area (Å²) in [6, 6.07) is 11.4. The topological polar surface area (TPSA) is 12.0 Å². The molecule has 1 saturated carbocycles. The first-order valence-electron chi connectivity index (χ1n) is 6.98. The van der Waals surface area contributed by atoms with Crippen LogP contribution in [0.2, 0.25) is 0 Å². The van der Waals surface area contributed by atoms with Gasteiger partial charge in [0.1, 0.15) is 0 Å². The van der Waals surface area contributed by atoms with E-state index in [1.54, 1.807) is 0 Å². The van der Waals surface area contributed by atoms with Crippen molar-refractivity contribution in [1.82, 2.24) is 5.32 Å². The highest BCUT2D eigenvalue weighted by Gasteiger charge is 2.35. The molecule has 100 valence electrons. The lowest BCUT2D eigenvalue weighted by Crippen LogP contribution is -2.33. The van der Waals surface area contributed by atoms with Gasteiger partial charge in [0, 0.05) is 23.2 Å². The molecule has 2 rings (SSSR count). The van der Waals surface area contributed by atoms with Crippen LogP contribution in [0.4, 0.5) is 0 Å². The standard InChI is InChI=1S/C16H25NS/c1-13-11-16(2,3)12-15(13)17-9-10-18-14-7-5-4-6-8-14/h4-8,13,15,17H,9-12H2,1-3H3. The highest BCUT2D eigenvalue weighted by Crippen LogP contribution is 2.40. The van der Waals surface area contributed by atoms with Crippen LogP contribution >= 0.6 is 11.8 Å². The highest BCUT2D eigenvalue weighted by atomic mass is 32.2. The van der Waals surface area contributed by atoms with Crippen molar-refractivity contribution in [3.63, 3.8) is 0 Å². The van der Waals surface area contributed by atoms with E-state index >= 15 is 0 Å². The van der Waals surface area contributed by atoms with Gasteiger partial charge < -0.3 is 5.32 Å². The molecule has 1 fully saturated rings. The second kappa shape index (κ2) is 6.12. The van der Waals surface area contributed by atoms with Crippen molar-refractivity contribution >= 4 is 11.8 Å². The molecule has 1 aliphatic carbocycles. The van der Waals surface area contributed by atoms with E-state index in [0.717, 1.165) is 24.3 Å². The maximum absolute atomic E-state index is 3.74. The number of hydrogen-bond donors (Lipinski definition) is 1. The molecular formula is C16H25NS. The van der Waals surface area contributed by atoms with Crippen LogP contribution in [0.15, 0.2) is 35.2 Å². The zero-order valence-electron chi connectivity index (χ0n) is 11.8. The fourth-order valence-electron chi connectivity index (χ4n) is 3.10. The molecule has 0 radical (unpaired) electrons. The Kier molecular flexibility index (Phi) is 4.74. The number of benzene rings is 1. The average molecular weight is 263 g/mol. The first-order chi connectivity index (χ1) is 8.57. The Bertz CT molecular complexity index is 361. The van der Waals surface area contributed by atoms with Gasteiger partial charge in [-0.15, -0.1) is 11.8 Å². The summed E-state index contributed by atoms with van der Waals surface area (Å²) in [6.45, 7) is 8.29. The third-order valence-corrected chi connectivity index (χ3v) is 4.87. The number of hydrogen-bond acceptors (Lipinski definition) is 2. The molecule has 0 aliphatic heterocycles. The SMILES string of the molecule is CC1CC(C)(C)CC1NCCSc1ccccc1. The van der Waals surface area contributed by atoms with E-state index in [1.807, 2.05) is 11.8 Å². The van der Waals surface area contributed by atoms with Crippen LogP contribution in [0.1, 0.15) is 33.6 Å². The van der Waals surface area contributed by atoms with Gasteiger partial charge in [0.2, 0.25) is 0 Å². The fraction of sp³-hybridized carbons (Fsp3) is 0.625. The van der Waals surface area contributed by atoms with Gasteiger partial charge in [0.05, 0.1) is 0 Å². The van der Waals surface area contributed by atoms with Crippen molar-refractivity contribution in [3.05, 3.63) is 30.3 Å². The van der Waals surface area contributed by atoms with Crippen molar-refractivity contribution in [1.29, 1.82) is 0 Å². The van der Waals surface area contributed by atoms with E-state index in [4.69, 9.17) is 0 Å². The first-order valence-corrected chi connectivity index (χ1v) is 7.97. The molecule has 0 amide bonds. The Hall–Kier alpha value is -0.470. The van der Waals surface area contributed by atoms with E-state index in [1.165, 1.54) is 17.7 Å². The Balaban J connectivity index is 1.67. The minimum absolute atomic E-state index is 0.531. The molecule has 1 aromatic carbocycles. The molecular weight excluding hydrogens is 238 g/mol. The smallest absolute Gasteiger partial charge is 0.0106 e. The Morgan fingerprint density at radius 2 is 1.94 bits per heavy atom. The van der Waals surface area contributed by atoms with Crippen LogP contribution in [0.5, 0.6) is 0 Å². The highest BCUT2D eigenvalue weighted by molar-refractivity contribution is 7.99. The zero-order valence-corrected chi connectivity index (χ0v) is 12.6. The summed E-state index contributed by atoms with van der Waals surface area (Å²) in [5, 5.41) is 3.74. The zero-order chi connectivity index (χ0) is 13.0. The molecule has 2 atom stereocenters. The molecule has 2 heteroatoms. The summed E-state index contributed by atoms with van der Waals surface area (Å²) >= 11 is 1.94. The number of rotatable bonds is 5. The largest absolute Gasteiger partial charge is 0.313 e. The predicted molar refractivity (Wildman–Crippen MR) is 81.1 cm³/mol. The molecule has 0 bridgehead atoms. The van der Waals surface area contributed by atoms with Crippen LogP contribution in [0, 0.1) is 11.3 Å². The van der Waals surface area contributed by atoms with Crippen LogP contribution in [0.3, 0.4) is 0 Å². The molecule has 0 saturated heterocycles. The summed E-state index contributed by atoms with van der Waals surface area (Å²) in [5.74, 6) is 1.98. The molecule has 18 heavy (non-hydrogen) atoms. The minimum Gasteiger partial charge on any atom is -0.313 e. The van der Waals surface area contributed by atoms with Gasteiger partial charge in [-0.1, -0.05) is 39.0 Å². The Morgan fingerprint density at radius 1 is 1.22 bits per heavy atom. The molecule has 1 aliphatic rings. The lowest BCUT2D eigenvalue weighted by atomic mass is 9.91. The lowest BCUT2D eigenvalue weighted by molar-refractivity contribution is 0.363. The maximum Gasteiger partial charge on any atom is 0.0106 e. The van der Waals surface area contributed by atoms with E-state index in [0.29, 0.717) is 5.41 Å². The molecule has 0 aromatic heterocycles. The summed E-state index contributed by atoms with van der Waals surface area (Å²) in [4.78, 5) is 1.37. The fourth-order valence-corrected chi connectivity index (χ4v) is 3.90. The van der Waals surface area contributed by atoms with Crippen LogP contribution in [0.25, 0.3) is 0 Å². The van der Waals surface area contributed by atoms with E-state index in [2.05, 4.69) is 56.4 Å². The van der Waals surface area contributed by atoms with Gasteiger partial charge >= 0.3 is 0 Å². The maximum atomic E-state index is 3.74. The Labute approximate surface area is 116 Å². The lowest BCUT2D eigenvalue weighted by Gasteiger charge is -2.18. The first kappa shape index (κ1) is 14.0. The summed E-state index contributed by atoms with van der Waals surface area (Å²) in [7, 11) is 0. The number of thioether (sulfide) groups is 1. The van der Waals surface area contributed by atoms with Crippen LogP contribution in [-0.4, -0.2) is 18.3 Å². The molecule has 1 nitrogen and oxygen atoms in total. The van der Waals surface area contributed by atoms with Gasteiger partial charge in [-0.05, 0) is 36.3 Å². The molecule has 0 heterocycles. The van der Waals surface area contributed by atoms with Gasteiger partial charge in [-0.2, -0.15) is 0 Å². The van der Waals surface area contributed by atoms with Crippen LogP contribution in [-0.2, 0) is 0 Å². The normalized spacial score (nSPS) is 26.4. The van der Waals surface area contributed by atoms with Crippen molar-refractivity contribution in [3.8, 4) is 0 Å². The monoisotopic (exact) mass is 263 g/mol. The van der Waals surface area contributed by atoms with Crippen molar-refractivity contribution in [2.75, 3.05) is 12.3 Å². The van der Waals surface area contributed by atoms with E-state index < -0.39 is 0 Å². The summed E-state index contributed by atoms with van der Waals surface area (Å²) in [6.07, 6.45) is 2.68. The van der Waals surface area contributed by atoms with E-state index in [-0.39, 0.29) is 0 Å². The van der Waals surface area contributed by atoms with Gasteiger partial charge in [-0.25, -0.2) is 0 Å². The van der Waals surface area contributed by atoms with Gasteiger partial charge in [0.25, 0.3) is 0 Å². The second-order valence-electron chi connectivity index (χ2n) is 6.27. The average Bonchev–Trinajstić information content (AvgIpc) is 2.59. The van der Waals surface area contributed by atoms with Gasteiger partial charge in [-0.3, -0.25) is 0 Å². The Morgan fingerprint density at radius 3 is 2.56 bits per heavy atom. The second-order valence-corrected chi connectivity index (χ2v) is 7.44. The molecule has 1 N–H and O–H groups in total. The molecule has 2 unspecified atom stereocenters. The van der Waals surface area contributed by atoms with Gasteiger partial charge in [0.15, 0.2) is 0 Å². The predicted octanol–water partition coefficient (Wildman–Crippen LogP) is 4.19. The van der Waals surface area contributed by atoms with Crippen molar-refractivity contribution in [2.24, 2.45) is 11.3 Å². The minimum atomic E-state index is 0.531. The third-order valence-electron chi connectivity index (χ3n) is 3.85. The third kappa shape index (κ3) is 4.03. The summed E-state index contributed by atoms with van der Waals surface area (Å²) in [5.41, 5.74) is 0.531. The van der Waals surface area contributed by atoms with Crippen molar-refractivity contribution < 1.29 is 0 Å². The van der Waals surface area contributed by atoms with E-state index in [9.17, 15) is 0 Å². The molecule has 1 aromatic rings. The molecule has 0 spiro atoms. The quantitative estimate of drug-likeness (QED) is 0.631. The number of nitrogens with one attached hydrogen (secondary N) is 1. The van der Waals surface area contributed by atoms with Crippen molar-refractivity contribution in [2.45, 2.75) is 44.6 Å². The summed E-state index contributed by atoms with van der Waals surface area (Å²) < 4.78 is 0. The van der Waals surface area contributed by atoms with Crippen LogP contribution < -0.4 is 5.32 Å².